The zero-order valence-electron chi connectivity index (χ0n) is 14.1. The van der Waals surface area contributed by atoms with Crippen molar-refractivity contribution in [1.82, 2.24) is 15.5 Å². The average molecular weight is 395 g/mol. The molecule has 1 aliphatic heterocycles. The van der Waals surface area contributed by atoms with Gasteiger partial charge in [-0.05, 0) is 17.7 Å². The molecule has 10 heteroatoms. The zero-order chi connectivity index (χ0) is 20.5. The van der Waals surface area contributed by atoms with Crippen LogP contribution in [-0.2, 0) is 11.3 Å². The van der Waals surface area contributed by atoms with Crippen LogP contribution >= 0.6 is 0 Å². The third-order valence-electron chi connectivity index (χ3n) is 4.13. The lowest BCUT2D eigenvalue weighted by Gasteiger charge is -2.29. The van der Waals surface area contributed by atoms with Gasteiger partial charge in [-0.15, -0.1) is 0 Å². The summed E-state index contributed by atoms with van der Waals surface area (Å²) in [6.45, 7) is -0.432. The fraction of sp³-hybridized carbons (Fsp3) is 0.167. The van der Waals surface area contributed by atoms with E-state index >= 15 is 0 Å². The Labute approximate surface area is 156 Å². The standard InChI is InChI=1S/C18H13F4N3O3/c19-13-9-5-4-8-12(13)14(26)23-17(18(20,21)22)15(27)25(16(28)24-17)10-11-6-2-1-3-7-11/h1-9H,10H2,(H,23,26)(H,24,28)/t17-/m0/s1. The van der Waals surface area contributed by atoms with E-state index in [0.717, 1.165) is 12.1 Å². The van der Waals surface area contributed by atoms with Gasteiger partial charge in [-0.3, -0.25) is 19.8 Å². The number of benzene rings is 2. The van der Waals surface area contributed by atoms with Crippen molar-refractivity contribution in [2.75, 3.05) is 0 Å². The van der Waals surface area contributed by atoms with Gasteiger partial charge in [0.15, 0.2) is 0 Å². The highest BCUT2D eigenvalue weighted by Crippen LogP contribution is 2.34. The van der Waals surface area contributed by atoms with Crippen molar-refractivity contribution < 1.29 is 31.9 Å². The molecule has 1 saturated heterocycles. The summed E-state index contributed by atoms with van der Waals surface area (Å²) in [7, 11) is 0. The molecule has 1 heterocycles. The Morgan fingerprint density at radius 2 is 1.64 bits per heavy atom. The van der Waals surface area contributed by atoms with Crippen LogP contribution in [0.15, 0.2) is 54.6 Å². The number of rotatable bonds is 4. The van der Waals surface area contributed by atoms with Gasteiger partial charge in [0.25, 0.3) is 17.5 Å². The molecule has 0 saturated carbocycles. The van der Waals surface area contributed by atoms with Gasteiger partial charge in [-0.2, -0.15) is 13.2 Å². The van der Waals surface area contributed by atoms with E-state index in [1.54, 1.807) is 18.2 Å². The van der Waals surface area contributed by atoms with Crippen LogP contribution in [-0.4, -0.2) is 34.6 Å². The minimum Gasteiger partial charge on any atom is -0.314 e. The molecule has 6 nitrogen and oxygen atoms in total. The van der Waals surface area contributed by atoms with Gasteiger partial charge in [0.05, 0.1) is 12.1 Å². The Kier molecular flexibility index (Phi) is 4.80. The first-order chi connectivity index (χ1) is 13.2. The van der Waals surface area contributed by atoms with E-state index in [1.807, 2.05) is 0 Å². The molecule has 146 valence electrons. The first kappa shape index (κ1) is 19.3. The minimum absolute atomic E-state index is 0.338. The molecule has 3 rings (SSSR count). The van der Waals surface area contributed by atoms with Gasteiger partial charge in [0, 0.05) is 0 Å². The molecule has 1 aliphatic rings. The van der Waals surface area contributed by atoms with Crippen LogP contribution in [0.25, 0.3) is 0 Å². The van der Waals surface area contributed by atoms with Gasteiger partial charge in [-0.25, -0.2) is 9.18 Å². The van der Waals surface area contributed by atoms with E-state index in [-0.39, 0.29) is 0 Å². The number of amides is 4. The highest BCUT2D eigenvalue weighted by molar-refractivity contribution is 6.10. The predicted molar refractivity (Wildman–Crippen MR) is 88.2 cm³/mol. The molecular weight excluding hydrogens is 382 g/mol. The smallest absolute Gasteiger partial charge is 0.314 e. The second kappa shape index (κ2) is 6.95. The molecule has 0 aliphatic carbocycles. The van der Waals surface area contributed by atoms with Crippen LogP contribution in [0, 0.1) is 5.82 Å². The molecule has 2 N–H and O–H groups in total. The number of carbonyl (C=O) groups is 3. The number of hydrogen-bond donors (Lipinski definition) is 2. The van der Waals surface area contributed by atoms with E-state index < -0.39 is 47.6 Å². The second-order valence-corrected chi connectivity index (χ2v) is 5.99. The highest BCUT2D eigenvalue weighted by Gasteiger charge is 2.68. The summed E-state index contributed by atoms with van der Waals surface area (Å²) in [6.07, 6.45) is -5.37. The van der Waals surface area contributed by atoms with E-state index in [9.17, 15) is 31.9 Å². The summed E-state index contributed by atoms with van der Waals surface area (Å²) >= 11 is 0. The molecular formula is C18H13F4N3O3. The summed E-state index contributed by atoms with van der Waals surface area (Å²) in [5.41, 5.74) is -3.99. The summed E-state index contributed by atoms with van der Waals surface area (Å²) < 4.78 is 55.0. The molecule has 2 aromatic carbocycles. The molecule has 28 heavy (non-hydrogen) atoms. The Morgan fingerprint density at radius 3 is 2.25 bits per heavy atom. The zero-order valence-corrected chi connectivity index (χ0v) is 14.1. The van der Waals surface area contributed by atoms with Crippen LogP contribution in [0.5, 0.6) is 0 Å². The van der Waals surface area contributed by atoms with Gasteiger partial charge < -0.3 is 5.32 Å². The summed E-state index contributed by atoms with van der Waals surface area (Å²) in [4.78, 5) is 37.2. The Bertz CT molecular complexity index is 933. The number of nitrogens with one attached hydrogen (secondary N) is 2. The number of hydrogen-bond acceptors (Lipinski definition) is 3. The van der Waals surface area contributed by atoms with Crippen molar-refractivity contribution in [1.29, 1.82) is 0 Å². The minimum atomic E-state index is -5.37. The van der Waals surface area contributed by atoms with Crippen molar-refractivity contribution in [3.05, 3.63) is 71.5 Å². The lowest BCUT2D eigenvalue weighted by molar-refractivity contribution is -0.200. The molecule has 1 atom stereocenters. The molecule has 0 bridgehead atoms. The van der Waals surface area contributed by atoms with Crippen molar-refractivity contribution in [3.63, 3.8) is 0 Å². The number of alkyl halides is 3. The van der Waals surface area contributed by atoms with Crippen LogP contribution < -0.4 is 10.6 Å². The second-order valence-electron chi connectivity index (χ2n) is 5.99. The average Bonchev–Trinajstić information content (AvgIpc) is 2.88. The Hall–Kier alpha value is -3.43. The number of nitrogens with zero attached hydrogens (tertiary/aromatic N) is 1. The molecule has 0 aromatic heterocycles. The van der Waals surface area contributed by atoms with Gasteiger partial charge >= 0.3 is 12.2 Å². The van der Waals surface area contributed by atoms with E-state index in [4.69, 9.17) is 0 Å². The first-order valence-corrected chi connectivity index (χ1v) is 7.97. The van der Waals surface area contributed by atoms with E-state index in [2.05, 4.69) is 0 Å². The Balaban J connectivity index is 1.94. The van der Waals surface area contributed by atoms with Crippen molar-refractivity contribution in [3.8, 4) is 0 Å². The van der Waals surface area contributed by atoms with Crippen LogP contribution in [0.4, 0.5) is 22.4 Å². The molecule has 0 unspecified atom stereocenters. The maximum absolute atomic E-state index is 13.8. The van der Waals surface area contributed by atoms with Crippen LogP contribution in [0.3, 0.4) is 0 Å². The van der Waals surface area contributed by atoms with Gasteiger partial charge in [0.2, 0.25) is 0 Å². The third-order valence-corrected chi connectivity index (χ3v) is 4.13. The van der Waals surface area contributed by atoms with Gasteiger partial charge in [-0.1, -0.05) is 42.5 Å². The maximum Gasteiger partial charge on any atom is 0.440 e. The third kappa shape index (κ3) is 3.28. The highest BCUT2D eigenvalue weighted by atomic mass is 19.4. The molecule has 0 spiro atoms. The van der Waals surface area contributed by atoms with Gasteiger partial charge in [0.1, 0.15) is 5.82 Å². The normalized spacial score (nSPS) is 19.5. The fourth-order valence-electron chi connectivity index (χ4n) is 2.72. The fourth-order valence-corrected chi connectivity index (χ4v) is 2.72. The molecule has 0 radical (unpaired) electrons. The largest absolute Gasteiger partial charge is 0.440 e. The lowest BCUT2D eigenvalue weighted by atomic mass is 10.1. The van der Waals surface area contributed by atoms with Crippen molar-refractivity contribution in [2.24, 2.45) is 0 Å². The monoisotopic (exact) mass is 395 g/mol. The molecule has 2 aromatic rings. The number of imide groups is 1. The maximum atomic E-state index is 13.8. The Morgan fingerprint density at radius 1 is 1.04 bits per heavy atom. The first-order valence-electron chi connectivity index (χ1n) is 7.97. The predicted octanol–water partition coefficient (Wildman–Crippen LogP) is 2.57. The SMILES string of the molecule is O=C(N[C@]1(C(F)(F)F)NC(=O)N(Cc2ccccc2)C1=O)c1ccccc1F. The summed E-state index contributed by atoms with van der Waals surface area (Å²) in [5.74, 6) is -4.28. The summed E-state index contributed by atoms with van der Waals surface area (Å²) in [5, 5.41) is 2.96. The topological polar surface area (TPSA) is 78.5 Å². The number of halogens is 4. The van der Waals surface area contributed by atoms with Crippen LogP contribution in [0.1, 0.15) is 15.9 Å². The molecule has 4 amide bonds. The van der Waals surface area contributed by atoms with E-state index in [0.29, 0.717) is 10.5 Å². The van der Waals surface area contributed by atoms with Crippen LogP contribution in [0.2, 0.25) is 0 Å². The molecule has 1 fully saturated rings. The van der Waals surface area contributed by atoms with E-state index in [1.165, 1.54) is 34.9 Å². The number of carbonyl (C=O) groups excluding carboxylic acids is 3. The quantitative estimate of drug-likeness (QED) is 0.617. The lowest BCUT2D eigenvalue weighted by Crippen LogP contribution is -2.69. The number of urea groups is 1. The van der Waals surface area contributed by atoms with Crippen molar-refractivity contribution in [2.45, 2.75) is 18.4 Å². The summed E-state index contributed by atoms with van der Waals surface area (Å²) in [6, 6.07) is 10.9. The van der Waals surface area contributed by atoms with Crippen molar-refractivity contribution >= 4 is 17.8 Å².